The molecule has 266 valence electrons. The molecule has 0 saturated carbocycles. The SMILES string of the molecule is COc1ccc(-c2cc3[nH]c2c(-c2ccccc2)c2nc(c(-c4ccccc4)c4ccc([nH]4)c(-c4ccccc4)c4nc(c3-c3ccccc3)C=C4)C=C2)cc1. The largest absolute Gasteiger partial charge is 0.497 e. The Hall–Kier alpha value is -7.50. The smallest absolute Gasteiger partial charge is 0.118 e. The summed E-state index contributed by atoms with van der Waals surface area (Å²) in [6.07, 6.45) is 8.57. The van der Waals surface area contributed by atoms with Crippen molar-refractivity contribution in [1.82, 2.24) is 19.9 Å². The molecular weight excluding hydrogens is 685 g/mol. The highest BCUT2D eigenvalue weighted by atomic mass is 16.5. The van der Waals surface area contributed by atoms with E-state index in [0.29, 0.717) is 0 Å². The number of H-pyrrole nitrogens is 2. The van der Waals surface area contributed by atoms with E-state index in [1.54, 1.807) is 7.11 Å². The summed E-state index contributed by atoms with van der Waals surface area (Å²) in [5.41, 5.74) is 17.8. The number of nitrogens with one attached hydrogen (secondary N) is 2. The molecule has 5 heteroatoms. The van der Waals surface area contributed by atoms with Gasteiger partial charge in [-0.05, 0) is 82.5 Å². The molecule has 0 unspecified atom stereocenters. The maximum absolute atomic E-state index is 5.58. The van der Waals surface area contributed by atoms with Gasteiger partial charge in [0.25, 0.3) is 0 Å². The Morgan fingerprint density at radius 3 is 1.20 bits per heavy atom. The summed E-state index contributed by atoms with van der Waals surface area (Å²) in [5.74, 6) is 0.804. The molecule has 5 nitrogen and oxygen atoms in total. The molecule has 5 aromatic carbocycles. The van der Waals surface area contributed by atoms with Gasteiger partial charge >= 0.3 is 0 Å². The number of aromatic nitrogens is 4. The summed E-state index contributed by atoms with van der Waals surface area (Å²) in [5, 5.41) is 0. The van der Waals surface area contributed by atoms with E-state index < -0.39 is 0 Å². The van der Waals surface area contributed by atoms with Gasteiger partial charge in [0.15, 0.2) is 0 Å². The van der Waals surface area contributed by atoms with Crippen LogP contribution in [0.5, 0.6) is 5.75 Å². The molecule has 2 N–H and O–H groups in total. The number of hydrogen-bond donors (Lipinski definition) is 2. The van der Waals surface area contributed by atoms with E-state index in [1.165, 1.54) is 0 Å². The lowest BCUT2D eigenvalue weighted by atomic mass is 9.98. The van der Waals surface area contributed by atoms with Crippen molar-refractivity contribution in [3.05, 3.63) is 187 Å². The van der Waals surface area contributed by atoms with Crippen LogP contribution in [-0.4, -0.2) is 27.0 Å². The third-order valence-corrected chi connectivity index (χ3v) is 10.5. The molecule has 8 aromatic rings. The molecule has 2 aliphatic rings. The van der Waals surface area contributed by atoms with Crippen molar-refractivity contribution in [2.45, 2.75) is 0 Å². The first-order valence-electron chi connectivity index (χ1n) is 18.8. The molecule has 56 heavy (non-hydrogen) atoms. The monoisotopic (exact) mass is 720 g/mol. The number of fused-ring (bicyclic) bond motifs is 8. The van der Waals surface area contributed by atoms with E-state index in [-0.39, 0.29) is 0 Å². The molecule has 10 rings (SSSR count). The van der Waals surface area contributed by atoms with Crippen molar-refractivity contribution < 1.29 is 4.74 Å². The molecule has 0 aliphatic carbocycles. The third kappa shape index (κ3) is 5.92. The fraction of sp³-hybridized carbons (Fsp3) is 0.0196. The Balaban J connectivity index is 1.44. The Morgan fingerprint density at radius 2 is 0.768 bits per heavy atom. The number of methoxy groups -OCH3 is 1. The second-order valence-corrected chi connectivity index (χ2v) is 13.9. The van der Waals surface area contributed by atoms with Crippen LogP contribution in [0, 0.1) is 0 Å². The van der Waals surface area contributed by atoms with E-state index in [0.717, 1.165) is 106 Å². The fourth-order valence-electron chi connectivity index (χ4n) is 7.92. The fourth-order valence-corrected chi connectivity index (χ4v) is 7.92. The Kier molecular flexibility index (Phi) is 8.30. The zero-order chi connectivity index (χ0) is 37.4. The highest BCUT2D eigenvalue weighted by Crippen LogP contribution is 2.41. The second-order valence-electron chi connectivity index (χ2n) is 13.9. The zero-order valence-electron chi connectivity index (χ0n) is 30.7. The summed E-state index contributed by atoms with van der Waals surface area (Å²) in [6.45, 7) is 0. The van der Waals surface area contributed by atoms with Gasteiger partial charge in [0.2, 0.25) is 0 Å². The molecular formula is C51H36N4O. The second kappa shape index (κ2) is 14.0. The van der Waals surface area contributed by atoms with Crippen LogP contribution in [0.1, 0.15) is 22.8 Å². The maximum Gasteiger partial charge on any atom is 0.118 e. The van der Waals surface area contributed by atoms with Gasteiger partial charge in [0, 0.05) is 44.4 Å². The molecule has 3 aromatic heterocycles. The number of aromatic amines is 2. The minimum Gasteiger partial charge on any atom is -0.497 e. The van der Waals surface area contributed by atoms with Gasteiger partial charge in [-0.2, -0.15) is 0 Å². The molecule has 0 spiro atoms. The number of hydrogen-bond acceptors (Lipinski definition) is 3. The number of benzene rings is 5. The van der Waals surface area contributed by atoms with Crippen molar-refractivity contribution in [3.8, 4) is 61.4 Å². The summed E-state index contributed by atoms with van der Waals surface area (Å²) < 4.78 is 5.58. The molecule has 5 heterocycles. The predicted octanol–water partition coefficient (Wildman–Crippen LogP) is 13.0. The van der Waals surface area contributed by atoms with Crippen LogP contribution in [0.15, 0.2) is 164 Å². The highest BCUT2D eigenvalue weighted by Gasteiger charge is 2.21. The molecule has 2 aliphatic heterocycles. The Morgan fingerprint density at radius 1 is 0.375 bits per heavy atom. The van der Waals surface area contributed by atoms with Crippen LogP contribution >= 0.6 is 0 Å². The van der Waals surface area contributed by atoms with E-state index in [4.69, 9.17) is 14.7 Å². The number of nitrogens with zero attached hydrogens (tertiary/aromatic N) is 2. The first-order chi connectivity index (χ1) is 27.7. The van der Waals surface area contributed by atoms with Gasteiger partial charge < -0.3 is 14.7 Å². The Labute approximate surface area is 325 Å². The normalized spacial score (nSPS) is 11.9. The van der Waals surface area contributed by atoms with Crippen molar-refractivity contribution in [2.75, 3.05) is 7.11 Å². The van der Waals surface area contributed by atoms with Crippen LogP contribution in [0.2, 0.25) is 0 Å². The van der Waals surface area contributed by atoms with E-state index in [2.05, 4.69) is 186 Å². The number of rotatable bonds is 6. The van der Waals surface area contributed by atoms with Gasteiger partial charge in [-0.3, -0.25) is 0 Å². The number of ether oxygens (including phenoxy) is 1. The van der Waals surface area contributed by atoms with Crippen LogP contribution in [0.3, 0.4) is 0 Å². The first-order valence-corrected chi connectivity index (χ1v) is 18.8. The topological polar surface area (TPSA) is 66.6 Å². The van der Waals surface area contributed by atoms with Gasteiger partial charge in [-0.15, -0.1) is 0 Å². The molecule has 0 saturated heterocycles. The standard InChI is InChI=1S/C51H36N4O/c1-56-38-24-22-33(23-25-38)39-32-46-49(36-18-10-4-11-19-36)44-29-28-42(53-44)47(34-14-6-2-7-15-34)40-26-27-41(52-40)48(35-16-8-3-9-17-35)43-30-31-45(54-43)50(51(39)55-46)37-20-12-5-13-21-37/h2-32,52,55H,1H3. The Bertz CT molecular complexity index is 2960. The van der Waals surface area contributed by atoms with Crippen molar-refractivity contribution in [1.29, 1.82) is 0 Å². The lowest BCUT2D eigenvalue weighted by Crippen LogP contribution is -1.90. The molecule has 0 amide bonds. The van der Waals surface area contributed by atoms with Gasteiger partial charge in [-0.25, -0.2) is 9.97 Å². The lowest BCUT2D eigenvalue weighted by Gasteiger charge is -2.08. The van der Waals surface area contributed by atoms with Crippen molar-refractivity contribution in [3.63, 3.8) is 0 Å². The summed E-state index contributed by atoms with van der Waals surface area (Å²) in [7, 11) is 1.70. The maximum atomic E-state index is 5.58. The third-order valence-electron chi connectivity index (χ3n) is 10.5. The average molecular weight is 721 g/mol. The summed E-state index contributed by atoms with van der Waals surface area (Å²) in [4.78, 5) is 18.7. The summed E-state index contributed by atoms with van der Waals surface area (Å²) in [6, 6.07) is 57.0. The van der Waals surface area contributed by atoms with Gasteiger partial charge in [0.1, 0.15) is 5.75 Å². The van der Waals surface area contributed by atoms with E-state index in [9.17, 15) is 0 Å². The average Bonchev–Trinajstić information content (AvgIpc) is 4.10. The van der Waals surface area contributed by atoms with Crippen molar-refractivity contribution >= 4 is 46.4 Å². The van der Waals surface area contributed by atoms with Crippen LogP contribution in [0.25, 0.3) is 102 Å². The minimum absolute atomic E-state index is 0.804. The molecule has 0 radical (unpaired) electrons. The lowest BCUT2D eigenvalue weighted by molar-refractivity contribution is 0.415. The zero-order valence-corrected chi connectivity index (χ0v) is 30.7. The van der Waals surface area contributed by atoms with E-state index >= 15 is 0 Å². The van der Waals surface area contributed by atoms with Crippen LogP contribution in [0.4, 0.5) is 0 Å². The summed E-state index contributed by atoms with van der Waals surface area (Å²) >= 11 is 0. The van der Waals surface area contributed by atoms with E-state index in [1.807, 2.05) is 12.1 Å². The van der Waals surface area contributed by atoms with Crippen LogP contribution < -0.4 is 4.74 Å². The van der Waals surface area contributed by atoms with Gasteiger partial charge in [-0.1, -0.05) is 133 Å². The predicted molar refractivity (Wildman–Crippen MR) is 233 cm³/mol. The van der Waals surface area contributed by atoms with Crippen LogP contribution in [-0.2, 0) is 0 Å². The molecule has 0 fully saturated rings. The molecule has 8 bridgehead atoms. The van der Waals surface area contributed by atoms with Crippen molar-refractivity contribution in [2.24, 2.45) is 0 Å². The highest BCUT2D eigenvalue weighted by molar-refractivity contribution is 6.04. The first kappa shape index (κ1) is 33.1. The van der Waals surface area contributed by atoms with Gasteiger partial charge in [0.05, 0.1) is 35.4 Å². The molecule has 0 atom stereocenters. The minimum atomic E-state index is 0.804. The quantitative estimate of drug-likeness (QED) is 0.180.